The Kier molecular flexibility index (Phi) is 6.84. The van der Waals surface area contributed by atoms with E-state index in [0.717, 1.165) is 39.3 Å². The Bertz CT molecular complexity index is 2740. The van der Waals surface area contributed by atoms with Crippen molar-refractivity contribution in [3.63, 3.8) is 0 Å². The van der Waals surface area contributed by atoms with Gasteiger partial charge < -0.3 is 4.57 Å². The van der Waals surface area contributed by atoms with Crippen LogP contribution in [0.1, 0.15) is 25.0 Å². The maximum atomic E-state index is 5.15. The van der Waals surface area contributed by atoms with Gasteiger partial charge in [0, 0.05) is 38.6 Å². The number of aromatic nitrogens is 3. The predicted octanol–water partition coefficient (Wildman–Crippen LogP) is 12.5. The highest BCUT2D eigenvalue weighted by atomic mass is 15.0. The van der Waals surface area contributed by atoms with Gasteiger partial charge in [-0.3, -0.25) is 0 Å². The standard InChI is InChI=1S/C49H35N3/c1-49(2)42-21-13-12-20-38(42)39-25-22-35(29-43(39)49)34-24-27-46-41(28-34)40-26-23-36(30-47(40)52(46)37-18-10-5-11-19-37)48-50-44(32-14-6-3-7-15-32)31-45(51-48)33-16-8-4-9-17-33/h3-31H,1-2H3. The van der Waals surface area contributed by atoms with Crippen molar-refractivity contribution in [3.8, 4) is 61.8 Å². The van der Waals surface area contributed by atoms with Gasteiger partial charge in [-0.1, -0.05) is 147 Å². The average molecular weight is 666 g/mol. The fourth-order valence-corrected chi connectivity index (χ4v) is 8.17. The van der Waals surface area contributed by atoms with Gasteiger partial charge in [0.15, 0.2) is 5.82 Å². The van der Waals surface area contributed by atoms with Crippen molar-refractivity contribution in [1.82, 2.24) is 14.5 Å². The van der Waals surface area contributed by atoms with E-state index in [4.69, 9.17) is 9.97 Å². The summed E-state index contributed by atoms with van der Waals surface area (Å²) in [6.45, 7) is 4.69. The van der Waals surface area contributed by atoms with Crippen LogP contribution < -0.4 is 0 Å². The average Bonchev–Trinajstić information content (AvgIpc) is 3.66. The number of para-hydroxylation sites is 1. The van der Waals surface area contributed by atoms with Gasteiger partial charge in [0.05, 0.1) is 22.4 Å². The molecule has 3 heteroatoms. The van der Waals surface area contributed by atoms with Crippen LogP contribution in [0.3, 0.4) is 0 Å². The zero-order valence-corrected chi connectivity index (χ0v) is 29.1. The van der Waals surface area contributed by atoms with Gasteiger partial charge in [0.1, 0.15) is 0 Å². The van der Waals surface area contributed by atoms with E-state index < -0.39 is 0 Å². The molecule has 0 atom stereocenters. The highest BCUT2D eigenvalue weighted by Crippen LogP contribution is 2.49. The number of hydrogen-bond donors (Lipinski definition) is 0. The molecule has 2 aromatic heterocycles. The third-order valence-electron chi connectivity index (χ3n) is 10.8. The summed E-state index contributed by atoms with van der Waals surface area (Å²) >= 11 is 0. The minimum atomic E-state index is -0.0496. The van der Waals surface area contributed by atoms with Crippen LogP contribution in [0, 0.1) is 0 Å². The molecule has 0 unspecified atom stereocenters. The molecule has 246 valence electrons. The van der Waals surface area contributed by atoms with Gasteiger partial charge in [-0.2, -0.15) is 0 Å². The summed E-state index contributed by atoms with van der Waals surface area (Å²) in [6, 6.07) is 62.9. The van der Waals surface area contributed by atoms with E-state index in [1.807, 2.05) is 12.1 Å². The highest BCUT2D eigenvalue weighted by molar-refractivity contribution is 6.11. The quantitative estimate of drug-likeness (QED) is 0.183. The second-order valence-corrected chi connectivity index (χ2v) is 14.3. The summed E-state index contributed by atoms with van der Waals surface area (Å²) in [5.41, 5.74) is 16.2. The van der Waals surface area contributed by atoms with E-state index in [-0.39, 0.29) is 5.41 Å². The van der Waals surface area contributed by atoms with E-state index >= 15 is 0 Å². The first-order valence-corrected chi connectivity index (χ1v) is 17.9. The van der Waals surface area contributed by atoms with E-state index in [0.29, 0.717) is 5.82 Å². The molecule has 1 aliphatic carbocycles. The lowest BCUT2D eigenvalue weighted by Gasteiger charge is -2.22. The topological polar surface area (TPSA) is 30.7 Å². The zero-order valence-electron chi connectivity index (χ0n) is 29.1. The van der Waals surface area contributed by atoms with Crippen LogP contribution in [-0.2, 0) is 5.41 Å². The smallest absolute Gasteiger partial charge is 0.160 e. The van der Waals surface area contributed by atoms with Gasteiger partial charge in [-0.05, 0) is 75.8 Å². The van der Waals surface area contributed by atoms with Crippen LogP contribution in [0.5, 0.6) is 0 Å². The van der Waals surface area contributed by atoms with E-state index in [9.17, 15) is 0 Å². The fraction of sp³-hybridized carbons (Fsp3) is 0.0612. The van der Waals surface area contributed by atoms with Crippen molar-refractivity contribution in [2.24, 2.45) is 0 Å². The Morgan fingerprint density at radius 2 is 0.981 bits per heavy atom. The Balaban J connectivity index is 1.15. The maximum Gasteiger partial charge on any atom is 0.160 e. The monoisotopic (exact) mass is 665 g/mol. The maximum absolute atomic E-state index is 5.15. The molecular weight excluding hydrogens is 631 g/mol. The van der Waals surface area contributed by atoms with Crippen LogP contribution >= 0.6 is 0 Å². The lowest BCUT2D eigenvalue weighted by molar-refractivity contribution is 0.660. The van der Waals surface area contributed by atoms with Crippen LogP contribution in [-0.4, -0.2) is 14.5 Å². The molecule has 0 aliphatic heterocycles. The van der Waals surface area contributed by atoms with E-state index in [1.165, 1.54) is 49.7 Å². The minimum absolute atomic E-state index is 0.0496. The molecule has 0 saturated carbocycles. The summed E-state index contributed by atoms with van der Waals surface area (Å²) < 4.78 is 2.37. The van der Waals surface area contributed by atoms with Gasteiger partial charge in [-0.25, -0.2) is 9.97 Å². The van der Waals surface area contributed by atoms with Crippen molar-refractivity contribution < 1.29 is 0 Å². The fourth-order valence-electron chi connectivity index (χ4n) is 8.17. The number of fused-ring (bicyclic) bond motifs is 6. The largest absolute Gasteiger partial charge is 0.309 e. The van der Waals surface area contributed by atoms with Gasteiger partial charge >= 0.3 is 0 Å². The Hall–Kier alpha value is -6.58. The molecule has 7 aromatic carbocycles. The molecule has 2 heterocycles. The van der Waals surface area contributed by atoms with Crippen molar-refractivity contribution in [2.45, 2.75) is 19.3 Å². The van der Waals surface area contributed by atoms with Gasteiger partial charge in [-0.15, -0.1) is 0 Å². The Labute approximate surface area is 303 Å². The second kappa shape index (κ2) is 11.8. The van der Waals surface area contributed by atoms with Crippen LogP contribution in [0.25, 0.3) is 83.6 Å². The molecule has 0 saturated heterocycles. The lowest BCUT2D eigenvalue weighted by Crippen LogP contribution is -2.14. The first-order chi connectivity index (χ1) is 25.5. The molecule has 0 fully saturated rings. The van der Waals surface area contributed by atoms with Crippen molar-refractivity contribution in [1.29, 1.82) is 0 Å². The SMILES string of the molecule is CC1(C)c2ccccc2-c2ccc(-c3ccc4c(c3)c3ccc(-c5nc(-c6ccccc6)cc(-c6ccccc6)n5)cc3n4-c3ccccc3)cc21. The highest BCUT2D eigenvalue weighted by Gasteiger charge is 2.35. The molecule has 3 nitrogen and oxygen atoms in total. The summed E-state index contributed by atoms with van der Waals surface area (Å²) in [5.74, 6) is 0.703. The number of hydrogen-bond acceptors (Lipinski definition) is 2. The second-order valence-electron chi connectivity index (χ2n) is 14.3. The van der Waals surface area contributed by atoms with Crippen LogP contribution in [0.4, 0.5) is 0 Å². The molecule has 52 heavy (non-hydrogen) atoms. The molecule has 0 bridgehead atoms. The van der Waals surface area contributed by atoms with E-state index in [2.05, 4.69) is 182 Å². The molecule has 0 amide bonds. The van der Waals surface area contributed by atoms with Gasteiger partial charge in [0.2, 0.25) is 0 Å². The van der Waals surface area contributed by atoms with Crippen molar-refractivity contribution in [2.75, 3.05) is 0 Å². The molecule has 0 radical (unpaired) electrons. The normalized spacial score (nSPS) is 13.0. The molecule has 0 N–H and O–H groups in total. The minimum Gasteiger partial charge on any atom is -0.309 e. The number of rotatable bonds is 5. The van der Waals surface area contributed by atoms with Crippen molar-refractivity contribution in [3.05, 3.63) is 187 Å². The Morgan fingerprint density at radius 3 is 1.69 bits per heavy atom. The van der Waals surface area contributed by atoms with Crippen molar-refractivity contribution >= 4 is 21.8 Å². The molecule has 10 rings (SSSR count). The summed E-state index contributed by atoms with van der Waals surface area (Å²) in [6.07, 6.45) is 0. The number of nitrogens with zero attached hydrogens (tertiary/aromatic N) is 3. The predicted molar refractivity (Wildman–Crippen MR) is 216 cm³/mol. The third kappa shape index (κ3) is 4.81. The third-order valence-corrected chi connectivity index (χ3v) is 10.8. The summed E-state index contributed by atoms with van der Waals surface area (Å²) in [7, 11) is 0. The first-order valence-electron chi connectivity index (χ1n) is 17.9. The summed E-state index contributed by atoms with van der Waals surface area (Å²) in [5, 5.41) is 2.41. The van der Waals surface area contributed by atoms with Gasteiger partial charge in [0.25, 0.3) is 0 Å². The zero-order chi connectivity index (χ0) is 34.8. The summed E-state index contributed by atoms with van der Waals surface area (Å²) in [4.78, 5) is 10.3. The molecule has 9 aromatic rings. The Morgan fingerprint density at radius 1 is 0.404 bits per heavy atom. The molecular formula is C49H35N3. The van der Waals surface area contributed by atoms with Crippen LogP contribution in [0.2, 0.25) is 0 Å². The first kappa shape index (κ1) is 30.3. The lowest BCUT2D eigenvalue weighted by atomic mass is 9.81. The molecule has 0 spiro atoms. The van der Waals surface area contributed by atoms with Crippen LogP contribution in [0.15, 0.2) is 176 Å². The number of benzene rings is 7. The molecule has 1 aliphatic rings. The van der Waals surface area contributed by atoms with E-state index in [1.54, 1.807) is 0 Å².